The Bertz CT molecular complexity index is 231. The third-order valence-corrected chi connectivity index (χ3v) is 6.13. The van der Waals surface area contributed by atoms with Gasteiger partial charge in [0.2, 0.25) is 0 Å². The largest absolute Gasteiger partial charge is 0.396 e. The zero-order valence-electron chi connectivity index (χ0n) is 21.6. The van der Waals surface area contributed by atoms with E-state index in [-0.39, 0.29) is 0 Å². The number of unbranched alkanes of at least 4 members (excludes halogenated alkanes) is 22. The Morgan fingerprint density at radius 3 is 0.344 bits per heavy atom. The van der Waals surface area contributed by atoms with Crippen LogP contribution in [-0.4, -0.2) is 46.9 Å². The minimum atomic E-state index is 0.355. The molecule has 0 saturated carbocycles. The first-order valence-electron chi connectivity index (χ1n) is 14.3. The molecule has 0 aromatic carbocycles. The number of rotatable bonds is 26. The molecule has 0 rings (SSSR count). The number of aliphatic hydroxyl groups excluding tert-OH is 4. The molecule has 0 aliphatic carbocycles. The average molecular weight is 461 g/mol. The number of aliphatic hydroxyl groups is 4. The van der Waals surface area contributed by atoms with E-state index in [0.717, 1.165) is 25.7 Å². The van der Waals surface area contributed by atoms with Crippen LogP contribution in [-0.2, 0) is 0 Å². The average Bonchev–Trinajstić information content (AvgIpc) is 2.81. The van der Waals surface area contributed by atoms with Crippen molar-refractivity contribution in [2.75, 3.05) is 26.4 Å². The smallest absolute Gasteiger partial charge is 0.0431 e. The van der Waals surface area contributed by atoms with Crippen molar-refractivity contribution in [2.45, 2.75) is 154 Å². The van der Waals surface area contributed by atoms with Crippen LogP contribution in [0.15, 0.2) is 0 Å². The summed E-state index contributed by atoms with van der Waals surface area (Å²) >= 11 is 0. The number of hydrogen-bond acceptors (Lipinski definition) is 4. The van der Waals surface area contributed by atoms with Gasteiger partial charge in [-0.25, -0.2) is 0 Å². The minimum Gasteiger partial charge on any atom is -0.396 e. The van der Waals surface area contributed by atoms with Crippen molar-refractivity contribution in [1.82, 2.24) is 0 Å². The van der Waals surface area contributed by atoms with E-state index >= 15 is 0 Å². The molecule has 196 valence electrons. The summed E-state index contributed by atoms with van der Waals surface area (Å²) in [6.07, 6.45) is 30.1. The lowest BCUT2D eigenvalue weighted by atomic mass is 10.1. The fourth-order valence-electron chi connectivity index (χ4n) is 3.98. The molecule has 32 heavy (non-hydrogen) atoms. The lowest BCUT2D eigenvalue weighted by Gasteiger charge is -2.02. The second kappa shape index (κ2) is 35.4. The third kappa shape index (κ3) is 37.2. The Balaban J connectivity index is 0. The molecule has 0 radical (unpaired) electrons. The maximum Gasteiger partial charge on any atom is 0.0431 e. The van der Waals surface area contributed by atoms with Gasteiger partial charge in [0.05, 0.1) is 0 Å². The molecule has 0 aliphatic rings. The predicted molar refractivity (Wildman–Crippen MR) is 139 cm³/mol. The van der Waals surface area contributed by atoms with Gasteiger partial charge in [0.25, 0.3) is 0 Å². The number of hydrogen-bond donors (Lipinski definition) is 4. The molecular formula is C28H60O4. The van der Waals surface area contributed by atoms with Crippen LogP contribution >= 0.6 is 0 Å². The van der Waals surface area contributed by atoms with Crippen LogP contribution in [0.25, 0.3) is 0 Å². The molecule has 0 aromatic rings. The molecule has 0 spiro atoms. The predicted octanol–water partition coefficient (Wildman–Crippen LogP) is 7.30. The van der Waals surface area contributed by atoms with Crippen molar-refractivity contribution in [3.05, 3.63) is 0 Å². The lowest BCUT2D eigenvalue weighted by Crippen LogP contribution is -1.85. The van der Waals surface area contributed by atoms with Gasteiger partial charge in [-0.2, -0.15) is 0 Å². The molecule has 0 aromatic heterocycles. The lowest BCUT2D eigenvalue weighted by molar-refractivity contribution is 0.281. The highest BCUT2D eigenvalue weighted by Crippen LogP contribution is 2.12. The topological polar surface area (TPSA) is 80.9 Å². The molecule has 4 N–H and O–H groups in total. The molecular weight excluding hydrogens is 400 g/mol. The van der Waals surface area contributed by atoms with Crippen LogP contribution < -0.4 is 0 Å². The van der Waals surface area contributed by atoms with Crippen molar-refractivity contribution >= 4 is 0 Å². The monoisotopic (exact) mass is 460 g/mol. The van der Waals surface area contributed by atoms with Gasteiger partial charge in [0.1, 0.15) is 0 Å². The quantitative estimate of drug-likeness (QED) is 0.102. The highest BCUT2D eigenvalue weighted by atomic mass is 16.3. The summed E-state index contributed by atoms with van der Waals surface area (Å²) in [7, 11) is 0. The van der Waals surface area contributed by atoms with Gasteiger partial charge < -0.3 is 20.4 Å². The standard InChI is InChI=1S/2C14H30O2/c2*15-13-11-9-7-5-3-1-2-4-6-8-10-12-14-16/h2*15-16H,1-14H2. The Hall–Kier alpha value is -0.160. The molecule has 0 heterocycles. The highest BCUT2D eigenvalue weighted by Gasteiger charge is 1.94. The van der Waals surface area contributed by atoms with E-state index in [4.69, 9.17) is 20.4 Å². The zero-order valence-corrected chi connectivity index (χ0v) is 21.6. The normalized spacial score (nSPS) is 10.9. The first kappa shape index (κ1) is 34.0. The molecule has 0 unspecified atom stereocenters. The first-order chi connectivity index (χ1) is 15.8. The summed E-state index contributed by atoms with van der Waals surface area (Å²) in [5.41, 5.74) is 0. The molecule has 0 atom stereocenters. The SMILES string of the molecule is OCCCCCCCCCCCCCCO.OCCCCCCCCCCCCCCO. The molecule has 0 fully saturated rings. The zero-order chi connectivity index (χ0) is 23.8. The summed E-state index contributed by atoms with van der Waals surface area (Å²) in [6, 6.07) is 0. The third-order valence-electron chi connectivity index (χ3n) is 6.13. The molecule has 0 amide bonds. The van der Waals surface area contributed by atoms with Crippen LogP contribution in [0.2, 0.25) is 0 Å². The first-order valence-corrected chi connectivity index (χ1v) is 14.3. The van der Waals surface area contributed by atoms with Crippen LogP contribution in [0.3, 0.4) is 0 Å². The van der Waals surface area contributed by atoms with E-state index in [0.29, 0.717) is 26.4 Å². The summed E-state index contributed by atoms with van der Waals surface area (Å²) in [4.78, 5) is 0. The Labute approximate surface area is 201 Å². The Morgan fingerprint density at radius 1 is 0.156 bits per heavy atom. The van der Waals surface area contributed by atoms with Crippen LogP contribution in [0, 0.1) is 0 Å². The summed E-state index contributed by atoms with van der Waals surface area (Å²) in [5.74, 6) is 0. The van der Waals surface area contributed by atoms with Gasteiger partial charge in [0.15, 0.2) is 0 Å². The van der Waals surface area contributed by atoms with Gasteiger partial charge in [-0.1, -0.05) is 128 Å². The fraction of sp³-hybridized carbons (Fsp3) is 1.00. The van der Waals surface area contributed by atoms with Crippen molar-refractivity contribution in [2.24, 2.45) is 0 Å². The molecule has 4 nitrogen and oxygen atoms in total. The van der Waals surface area contributed by atoms with E-state index in [2.05, 4.69) is 0 Å². The van der Waals surface area contributed by atoms with Gasteiger partial charge >= 0.3 is 0 Å². The minimum absolute atomic E-state index is 0.355. The summed E-state index contributed by atoms with van der Waals surface area (Å²) < 4.78 is 0. The molecule has 0 bridgehead atoms. The van der Waals surface area contributed by atoms with Gasteiger partial charge in [-0.15, -0.1) is 0 Å². The molecule has 0 saturated heterocycles. The van der Waals surface area contributed by atoms with Gasteiger partial charge in [0, 0.05) is 26.4 Å². The van der Waals surface area contributed by atoms with Gasteiger partial charge in [-0.3, -0.25) is 0 Å². The van der Waals surface area contributed by atoms with E-state index in [9.17, 15) is 0 Å². The maximum absolute atomic E-state index is 8.61. The van der Waals surface area contributed by atoms with E-state index < -0.39 is 0 Å². The molecule has 0 aliphatic heterocycles. The van der Waals surface area contributed by atoms with Crippen molar-refractivity contribution in [3.63, 3.8) is 0 Å². The molecule has 4 heteroatoms. The Morgan fingerprint density at radius 2 is 0.250 bits per heavy atom. The highest BCUT2D eigenvalue weighted by molar-refractivity contribution is 4.49. The van der Waals surface area contributed by atoms with Crippen LogP contribution in [0.4, 0.5) is 0 Å². The fourth-order valence-corrected chi connectivity index (χ4v) is 3.98. The van der Waals surface area contributed by atoms with Crippen molar-refractivity contribution in [1.29, 1.82) is 0 Å². The van der Waals surface area contributed by atoms with E-state index in [1.54, 1.807) is 0 Å². The van der Waals surface area contributed by atoms with Gasteiger partial charge in [-0.05, 0) is 25.7 Å². The van der Waals surface area contributed by atoms with Crippen molar-refractivity contribution < 1.29 is 20.4 Å². The van der Waals surface area contributed by atoms with Crippen LogP contribution in [0.1, 0.15) is 154 Å². The maximum atomic E-state index is 8.61. The Kier molecular flexibility index (Phi) is 37.7. The summed E-state index contributed by atoms with van der Waals surface area (Å²) in [6.45, 7) is 1.42. The summed E-state index contributed by atoms with van der Waals surface area (Å²) in [5, 5.41) is 34.4. The van der Waals surface area contributed by atoms with E-state index in [1.807, 2.05) is 0 Å². The van der Waals surface area contributed by atoms with Crippen LogP contribution in [0.5, 0.6) is 0 Å². The second-order valence-corrected chi connectivity index (χ2v) is 9.38. The van der Waals surface area contributed by atoms with Crippen molar-refractivity contribution in [3.8, 4) is 0 Å². The second-order valence-electron chi connectivity index (χ2n) is 9.38. The van der Waals surface area contributed by atoms with E-state index in [1.165, 1.54) is 128 Å².